The van der Waals surface area contributed by atoms with Gasteiger partial charge in [0.1, 0.15) is 12.4 Å². The SMILES string of the molecule is CNC(C)CCc1ccc(OCCOC)cc1. The first-order chi connectivity index (χ1) is 8.26. The van der Waals surface area contributed by atoms with Gasteiger partial charge in [-0.15, -0.1) is 0 Å². The van der Waals surface area contributed by atoms with Crippen molar-refractivity contribution in [3.05, 3.63) is 29.8 Å². The van der Waals surface area contributed by atoms with Crippen LogP contribution >= 0.6 is 0 Å². The van der Waals surface area contributed by atoms with E-state index in [1.807, 2.05) is 19.2 Å². The van der Waals surface area contributed by atoms with Crippen LogP contribution in [0.1, 0.15) is 18.9 Å². The molecule has 0 amide bonds. The van der Waals surface area contributed by atoms with Crippen LogP contribution in [0.4, 0.5) is 0 Å². The maximum Gasteiger partial charge on any atom is 0.119 e. The van der Waals surface area contributed by atoms with E-state index in [0.29, 0.717) is 19.3 Å². The van der Waals surface area contributed by atoms with E-state index in [9.17, 15) is 0 Å². The first-order valence-corrected chi connectivity index (χ1v) is 6.14. The summed E-state index contributed by atoms with van der Waals surface area (Å²) in [4.78, 5) is 0. The molecule has 96 valence electrons. The maximum atomic E-state index is 5.51. The first-order valence-electron chi connectivity index (χ1n) is 6.14. The average Bonchev–Trinajstić information content (AvgIpc) is 2.37. The van der Waals surface area contributed by atoms with Crippen LogP contribution in [0.2, 0.25) is 0 Å². The Bertz CT molecular complexity index is 298. The molecule has 0 aliphatic heterocycles. The zero-order valence-electron chi connectivity index (χ0n) is 11.0. The second-order valence-corrected chi connectivity index (χ2v) is 4.21. The predicted molar refractivity (Wildman–Crippen MR) is 70.7 cm³/mol. The molecule has 3 nitrogen and oxygen atoms in total. The van der Waals surface area contributed by atoms with Gasteiger partial charge >= 0.3 is 0 Å². The van der Waals surface area contributed by atoms with Crippen LogP contribution in [0.25, 0.3) is 0 Å². The second-order valence-electron chi connectivity index (χ2n) is 4.21. The van der Waals surface area contributed by atoms with Crippen molar-refractivity contribution in [3.8, 4) is 5.75 Å². The number of aryl methyl sites for hydroxylation is 1. The molecule has 0 aliphatic carbocycles. The van der Waals surface area contributed by atoms with Crippen molar-refractivity contribution >= 4 is 0 Å². The molecular formula is C14H23NO2. The van der Waals surface area contributed by atoms with Crippen LogP contribution < -0.4 is 10.1 Å². The summed E-state index contributed by atoms with van der Waals surface area (Å²) in [6.45, 7) is 3.43. The summed E-state index contributed by atoms with van der Waals surface area (Å²) >= 11 is 0. The summed E-state index contributed by atoms with van der Waals surface area (Å²) < 4.78 is 10.4. The lowest BCUT2D eigenvalue weighted by Gasteiger charge is -2.10. The van der Waals surface area contributed by atoms with E-state index < -0.39 is 0 Å². The molecule has 1 rings (SSSR count). The van der Waals surface area contributed by atoms with Gasteiger partial charge in [0.05, 0.1) is 6.61 Å². The average molecular weight is 237 g/mol. The Labute approximate surface area is 104 Å². The quantitative estimate of drug-likeness (QED) is 0.703. The molecule has 1 aromatic rings. The van der Waals surface area contributed by atoms with Crippen molar-refractivity contribution in [1.82, 2.24) is 5.32 Å². The van der Waals surface area contributed by atoms with Crippen LogP contribution in [0.3, 0.4) is 0 Å². The molecule has 17 heavy (non-hydrogen) atoms. The molecule has 0 bridgehead atoms. The molecule has 0 aliphatic rings. The van der Waals surface area contributed by atoms with Crippen molar-refractivity contribution in [1.29, 1.82) is 0 Å². The van der Waals surface area contributed by atoms with Crippen LogP contribution in [0.5, 0.6) is 5.75 Å². The lowest BCUT2D eigenvalue weighted by Crippen LogP contribution is -2.21. The zero-order valence-corrected chi connectivity index (χ0v) is 11.0. The van der Waals surface area contributed by atoms with E-state index in [1.165, 1.54) is 5.56 Å². The Morgan fingerprint density at radius 3 is 2.47 bits per heavy atom. The third-order valence-corrected chi connectivity index (χ3v) is 2.84. The number of ether oxygens (including phenoxy) is 2. The number of nitrogens with one attached hydrogen (secondary N) is 1. The van der Waals surface area contributed by atoms with Crippen LogP contribution in [0.15, 0.2) is 24.3 Å². The van der Waals surface area contributed by atoms with Gasteiger partial charge in [0.25, 0.3) is 0 Å². The maximum absolute atomic E-state index is 5.51. The fourth-order valence-corrected chi connectivity index (χ4v) is 1.52. The normalized spacial score (nSPS) is 12.4. The lowest BCUT2D eigenvalue weighted by atomic mass is 10.1. The van der Waals surface area contributed by atoms with Gasteiger partial charge in [-0.1, -0.05) is 12.1 Å². The summed E-state index contributed by atoms with van der Waals surface area (Å²) in [5.74, 6) is 0.910. The Balaban J connectivity index is 2.34. The fourth-order valence-electron chi connectivity index (χ4n) is 1.52. The number of hydrogen-bond donors (Lipinski definition) is 1. The van der Waals surface area contributed by atoms with Gasteiger partial charge in [0.2, 0.25) is 0 Å². The largest absolute Gasteiger partial charge is 0.491 e. The van der Waals surface area contributed by atoms with E-state index in [1.54, 1.807) is 7.11 Å². The zero-order chi connectivity index (χ0) is 12.5. The van der Waals surface area contributed by atoms with Gasteiger partial charge in [-0.25, -0.2) is 0 Å². The summed E-state index contributed by atoms with van der Waals surface area (Å²) in [6, 6.07) is 8.87. The molecule has 1 unspecified atom stereocenters. The summed E-state index contributed by atoms with van der Waals surface area (Å²) in [6.07, 6.45) is 2.25. The van der Waals surface area contributed by atoms with Crippen molar-refractivity contribution in [2.75, 3.05) is 27.4 Å². The van der Waals surface area contributed by atoms with Gasteiger partial charge in [-0.3, -0.25) is 0 Å². The Hall–Kier alpha value is -1.06. The molecule has 1 atom stereocenters. The number of hydrogen-bond acceptors (Lipinski definition) is 3. The van der Waals surface area contributed by atoms with Crippen LogP contribution in [0, 0.1) is 0 Å². The number of benzene rings is 1. The minimum atomic E-state index is 0.563. The molecule has 0 fully saturated rings. The predicted octanol–water partition coefficient (Wildman–Crippen LogP) is 2.25. The van der Waals surface area contributed by atoms with E-state index in [2.05, 4.69) is 24.4 Å². The van der Waals surface area contributed by atoms with Gasteiger partial charge < -0.3 is 14.8 Å². The molecule has 0 aromatic heterocycles. The molecule has 1 N–H and O–H groups in total. The number of methoxy groups -OCH3 is 1. The highest BCUT2D eigenvalue weighted by atomic mass is 16.5. The molecule has 3 heteroatoms. The summed E-state index contributed by atoms with van der Waals surface area (Å²) in [5, 5.41) is 3.24. The van der Waals surface area contributed by atoms with Crippen LogP contribution in [-0.2, 0) is 11.2 Å². The monoisotopic (exact) mass is 237 g/mol. The number of rotatable bonds is 8. The molecule has 0 saturated carbocycles. The lowest BCUT2D eigenvalue weighted by molar-refractivity contribution is 0.146. The van der Waals surface area contributed by atoms with Gasteiger partial charge in [0.15, 0.2) is 0 Å². The van der Waals surface area contributed by atoms with Crippen molar-refractivity contribution < 1.29 is 9.47 Å². The molecule has 0 saturated heterocycles. The van der Waals surface area contributed by atoms with Crippen molar-refractivity contribution in [3.63, 3.8) is 0 Å². The van der Waals surface area contributed by atoms with E-state index in [-0.39, 0.29) is 0 Å². The summed E-state index contributed by atoms with van der Waals surface area (Å²) in [7, 11) is 3.67. The fraction of sp³-hybridized carbons (Fsp3) is 0.571. The first kappa shape index (κ1) is 14.0. The minimum absolute atomic E-state index is 0.563. The highest BCUT2D eigenvalue weighted by Gasteiger charge is 2.00. The Kier molecular flexibility index (Phi) is 6.67. The Morgan fingerprint density at radius 1 is 1.18 bits per heavy atom. The molecule has 0 radical (unpaired) electrons. The third-order valence-electron chi connectivity index (χ3n) is 2.84. The second kappa shape index (κ2) is 8.09. The van der Waals surface area contributed by atoms with Crippen molar-refractivity contribution in [2.45, 2.75) is 25.8 Å². The molecule has 1 aromatic carbocycles. The minimum Gasteiger partial charge on any atom is -0.491 e. The molecule has 0 heterocycles. The van der Waals surface area contributed by atoms with E-state index in [0.717, 1.165) is 18.6 Å². The van der Waals surface area contributed by atoms with E-state index in [4.69, 9.17) is 9.47 Å². The van der Waals surface area contributed by atoms with E-state index >= 15 is 0 Å². The van der Waals surface area contributed by atoms with Crippen molar-refractivity contribution in [2.24, 2.45) is 0 Å². The van der Waals surface area contributed by atoms with Crippen LogP contribution in [-0.4, -0.2) is 33.4 Å². The highest BCUT2D eigenvalue weighted by Crippen LogP contribution is 2.13. The van der Waals surface area contributed by atoms with Gasteiger partial charge in [0, 0.05) is 13.2 Å². The Morgan fingerprint density at radius 2 is 1.88 bits per heavy atom. The topological polar surface area (TPSA) is 30.5 Å². The summed E-state index contributed by atoms with van der Waals surface area (Å²) in [5.41, 5.74) is 1.35. The highest BCUT2D eigenvalue weighted by molar-refractivity contribution is 5.27. The van der Waals surface area contributed by atoms with Gasteiger partial charge in [-0.05, 0) is 44.5 Å². The smallest absolute Gasteiger partial charge is 0.119 e. The standard InChI is InChI=1S/C14H23NO2/c1-12(15-2)4-5-13-6-8-14(9-7-13)17-11-10-16-3/h6-9,12,15H,4-5,10-11H2,1-3H3. The van der Waals surface area contributed by atoms with Gasteiger partial charge in [-0.2, -0.15) is 0 Å². The molecule has 0 spiro atoms. The third kappa shape index (κ3) is 5.71. The molecular weight excluding hydrogens is 214 g/mol.